The van der Waals surface area contributed by atoms with Gasteiger partial charge in [-0.2, -0.15) is 24.0 Å². The molecule has 5 amide bonds. The number of nitrogens with zero attached hydrogens (tertiary/aromatic N) is 15. The van der Waals surface area contributed by atoms with Crippen molar-refractivity contribution in [3.8, 4) is 55.6 Å². The highest BCUT2D eigenvalue weighted by Crippen LogP contribution is 2.43. The Morgan fingerprint density at radius 1 is 0.360 bits per heavy atom. The van der Waals surface area contributed by atoms with E-state index in [0.717, 1.165) is 67.3 Å². The first-order valence-electron chi connectivity index (χ1n) is 39.6. The molecule has 15 aromatic heterocycles. The summed E-state index contributed by atoms with van der Waals surface area (Å²) in [6, 6.07) is 44.5. The van der Waals surface area contributed by atoms with Gasteiger partial charge in [0, 0.05) is 161 Å². The molecular weight excluding hydrogens is 2020 g/mol. The summed E-state index contributed by atoms with van der Waals surface area (Å²) in [6.45, 7) is 0.715. The first kappa shape index (κ1) is 96.2. The Morgan fingerprint density at radius 3 is 1.12 bits per heavy atom. The van der Waals surface area contributed by atoms with Gasteiger partial charge in [-0.25, -0.2) is 67.4 Å². The first-order valence-corrected chi connectivity index (χ1v) is 46.7. The number of nitrogens with one attached hydrogen (secondary N) is 5. The fourth-order valence-electron chi connectivity index (χ4n) is 13.3. The maximum Gasteiger partial charge on any atom is 0.339 e. The number of aromatic nitrogens is 15. The molecule has 0 fully saturated rings. The van der Waals surface area contributed by atoms with E-state index in [2.05, 4.69) is 81.8 Å². The molecule has 5 aromatic carbocycles. The third-order valence-electron chi connectivity index (χ3n) is 19.6. The Bertz CT molecular complexity index is 7310. The zero-order valence-electron chi connectivity index (χ0n) is 69.9. The predicted octanol–water partition coefficient (Wildman–Crippen LogP) is 21.8. The van der Waals surface area contributed by atoms with E-state index in [4.69, 9.17) is 58.0 Å². The normalized spacial score (nSPS) is 11.0. The van der Waals surface area contributed by atoms with Gasteiger partial charge in [-0.05, 0) is 119 Å². The van der Waals surface area contributed by atoms with Crippen molar-refractivity contribution >= 4 is 244 Å². The molecule has 0 atom stereocenters. The van der Waals surface area contributed by atoms with Gasteiger partial charge in [0.15, 0.2) is 22.7 Å². The Hall–Kier alpha value is -15.9. The number of thiophene rings is 6. The summed E-state index contributed by atoms with van der Waals surface area (Å²) in [4.78, 5) is 156. The predicted molar refractivity (Wildman–Crippen MR) is 525 cm³/mol. The average Bonchev–Trinajstić information content (AvgIpc) is 1.62. The van der Waals surface area contributed by atoms with Gasteiger partial charge in [0.1, 0.15) is 74.6 Å². The molecule has 0 aliphatic heterocycles. The number of carboxylic acids is 5. The number of aromatic carboxylic acids is 5. The fraction of sp³-hybridized carbons (Fsp3) is 0.0220. The first-order chi connectivity index (χ1) is 66.7. The molecule has 0 radical (unpaired) electrons. The largest absolute Gasteiger partial charge is 0.478 e. The monoisotopic (exact) mass is 2070 g/mol. The lowest BCUT2D eigenvalue weighted by atomic mass is 10.0. The molecule has 0 saturated heterocycles. The van der Waals surface area contributed by atoms with E-state index in [0.29, 0.717) is 114 Å². The summed E-state index contributed by atoms with van der Waals surface area (Å²) >= 11 is 36.2. The number of carbonyl (C=O) groups is 10. The number of halogens is 7. The molecule has 15 heterocycles. The second-order valence-corrected chi connectivity index (χ2v) is 36.3. The number of hydrogen-bond donors (Lipinski definition) is 10. The fourth-order valence-corrected chi connectivity index (χ4v) is 19.5. The number of benzene rings is 5. The van der Waals surface area contributed by atoms with E-state index >= 15 is 0 Å². The summed E-state index contributed by atoms with van der Waals surface area (Å²) in [6.07, 6.45) is 15.5. The molecule has 0 unspecified atom stereocenters. The van der Waals surface area contributed by atoms with Gasteiger partial charge in [0.25, 0.3) is 41.2 Å². The Labute approximate surface area is 826 Å². The van der Waals surface area contributed by atoms with Crippen LogP contribution >= 0.6 is 126 Å². The zero-order valence-corrected chi connectivity index (χ0v) is 78.5. The minimum atomic E-state index is -3.20. The van der Waals surface area contributed by atoms with E-state index in [-0.39, 0.29) is 87.2 Å². The van der Waals surface area contributed by atoms with Crippen molar-refractivity contribution in [2.75, 3.05) is 26.6 Å². The van der Waals surface area contributed by atoms with Gasteiger partial charge >= 0.3 is 29.8 Å². The highest BCUT2D eigenvalue weighted by molar-refractivity contribution is 7.21. The number of rotatable bonds is 21. The van der Waals surface area contributed by atoms with Crippen LogP contribution in [0.25, 0.3) is 88.8 Å². The third-order valence-corrected chi connectivity index (χ3v) is 26.4. The second kappa shape index (κ2) is 41.7. The molecular formula is C91H55Cl5F2N20O15S6. The number of hydrogen-bond acceptors (Lipinski definition) is 27. The smallest absolute Gasteiger partial charge is 0.339 e. The second-order valence-electron chi connectivity index (χ2n) is 28.7. The molecule has 0 saturated carbocycles. The molecule has 0 spiro atoms. The van der Waals surface area contributed by atoms with E-state index < -0.39 is 71.0 Å². The van der Waals surface area contributed by atoms with Crippen molar-refractivity contribution < 1.29 is 82.3 Å². The van der Waals surface area contributed by atoms with Crippen LogP contribution in [-0.4, -0.2) is 158 Å². The maximum atomic E-state index is 13.8. The van der Waals surface area contributed by atoms with Crippen molar-refractivity contribution in [1.29, 1.82) is 0 Å². The molecule has 35 nitrogen and oxygen atoms in total. The maximum absolute atomic E-state index is 13.8. The van der Waals surface area contributed by atoms with Gasteiger partial charge in [0.05, 0.1) is 4.88 Å². The lowest BCUT2D eigenvalue weighted by Gasteiger charge is -2.11. The number of fused-ring (bicyclic) bond motifs is 5. The van der Waals surface area contributed by atoms with Gasteiger partial charge in [0.2, 0.25) is 11.6 Å². The number of imidazole rings is 1. The highest BCUT2D eigenvalue weighted by atomic mass is 35.5. The van der Waals surface area contributed by atoms with Crippen LogP contribution < -0.4 is 26.6 Å². The Kier molecular flexibility index (Phi) is 28.9. The van der Waals surface area contributed by atoms with E-state index in [9.17, 15) is 82.3 Å². The standard InChI is InChI=1S/C20H13ClF2N4O3S.2C18H11ClN4O3S.C18H10ClN3O3S2.C17H10ClN5O3S/c1-20(22,23)14-6-7-24-15-8-13(26-27(14)15)17(28)25-18-16(19(29)30)12(9-31-18)10-2-4-11(21)5-3-10;19-11-4-2-10(3-5-11)12-9-27-16(14(12)17(25)26)22-15(24)13-8-23-7-1-6-20-18(23)21-13;19-11-4-2-10(3-5-11)12-9-27-17(15(12)18(25)26)21-16(24)13-8-14-20-6-1-7-23(14)22-13;19-10-3-1-9(2-4-10)11-8-26-17(14(11)18(24)25)22-15(23)13-7-12-16(27-13)21-6-5-20-12;18-10-4-2-9(3-5-10)11-8-27-15(12(11)16(25)26)21-14(24)13-20-17-19-6-1-7-23(17)22-13/h2-9H,1H3,(H,25,28)(H,29,30);1-9H,(H,22,24)(H,25,26);1-9H,(H,21,24)(H,25,26);1-8H,(H,22,23)(H,24,25);1-8H,(H,21,24)(H,25,26). The lowest BCUT2D eigenvalue weighted by molar-refractivity contribution is 0.0103. The Morgan fingerprint density at radius 2 is 0.719 bits per heavy atom. The van der Waals surface area contributed by atoms with Gasteiger partial charge in [-0.3, -0.25) is 33.4 Å². The molecule has 0 aliphatic rings. The van der Waals surface area contributed by atoms with Crippen molar-refractivity contribution in [1.82, 2.24) is 73.1 Å². The number of amides is 5. The quantitative estimate of drug-likeness (QED) is 0.0319. The molecule has 139 heavy (non-hydrogen) atoms. The molecule has 0 aliphatic carbocycles. The van der Waals surface area contributed by atoms with E-state index in [1.54, 1.807) is 220 Å². The minimum Gasteiger partial charge on any atom is -0.478 e. The number of carbonyl (C=O) groups excluding carboxylic acids is 5. The zero-order chi connectivity index (χ0) is 98.2. The molecule has 20 aromatic rings. The number of alkyl halides is 2. The van der Waals surface area contributed by atoms with Crippen molar-refractivity contribution in [3.05, 3.63) is 339 Å². The summed E-state index contributed by atoms with van der Waals surface area (Å²) in [5.41, 5.74) is 6.76. The van der Waals surface area contributed by atoms with Gasteiger partial charge in [-0.15, -0.1) is 73.1 Å². The van der Waals surface area contributed by atoms with Crippen LogP contribution in [0.15, 0.2) is 253 Å². The van der Waals surface area contributed by atoms with Crippen molar-refractivity contribution in [2.24, 2.45) is 0 Å². The topological polar surface area (TPSA) is 491 Å². The molecule has 48 heteroatoms. The molecule has 0 bridgehead atoms. The van der Waals surface area contributed by atoms with Crippen LogP contribution in [0.2, 0.25) is 25.1 Å². The summed E-state index contributed by atoms with van der Waals surface area (Å²) in [5.74, 6) is -11.2. The average molecular weight is 2080 g/mol. The van der Waals surface area contributed by atoms with Crippen molar-refractivity contribution in [3.63, 3.8) is 0 Å². The minimum absolute atomic E-state index is 0.00226. The van der Waals surface area contributed by atoms with Crippen LogP contribution in [0.1, 0.15) is 116 Å². The third kappa shape index (κ3) is 22.0. The van der Waals surface area contributed by atoms with Crippen molar-refractivity contribution in [2.45, 2.75) is 12.8 Å². The number of carboxylic acid groups (broad SMARTS) is 5. The van der Waals surface area contributed by atoms with Gasteiger partial charge < -0.3 is 52.1 Å². The van der Waals surface area contributed by atoms with E-state index in [1.807, 2.05) is 0 Å². The van der Waals surface area contributed by atoms with Crippen LogP contribution in [0.5, 0.6) is 0 Å². The van der Waals surface area contributed by atoms with Crippen LogP contribution in [-0.2, 0) is 5.92 Å². The SMILES string of the molecule is CC(F)(F)c1ccnc2cc(C(=O)Nc3scc(-c4ccc(Cl)cc4)c3C(=O)O)nn12.O=C(Nc1scc(-c2ccc(Cl)cc2)c1C(=O)O)c1cc2ncccn2n1.O=C(Nc1scc(-c2ccc(Cl)cc2)c1C(=O)O)c1cc2nccnc2s1.O=C(Nc1scc(-c2ccc(Cl)cc2)c1C(=O)O)c1cn2cccnc2n1.O=C(Nc1scc(-c2ccc(Cl)cc2)c1C(=O)O)c1nc2ncccn2n1. The molecule has 10 N–H and O–H groups in total. The molecule has 694 valence electrons. The number of anilines is 5. The molecule has 20 rings (SSSR count). The summed E-state index contributed by atoms with van der Waals surface area (Å²) in [5, 5.41) is 85.6. The summed E-state index contributed by atoms with van der Waals surface area (Å²) < 4.78 is 33.0. The highest BCUT2D eigenvalue weighted by Gasteiger charge is 2.32. The van der Waals surface area contributed by atoms with Gasteiger partial charge in [-0.1, -0.05) is 119 Å². The Balaban J connectivity index is 0.000000126. The lowest BCUT2D eigenvalue weighted by Crippen LogP contribution is -2.16. The van der Waals surface area contributed by atoms with E-state index in [1.165, 1.54) is 51.1 Å². The van der Waals surface area contributed by atoms with Crippen LogP contribution in [0.3, 0.4) is 0 Å². The van der Waals surface area contributed by atoms with Crippen LogP contribution in [0, 0.1) is 0 Å². The summed E-state index contributed by atoms with van der Waals surface area (Å²) in [7, 11) is 0. The van der Waals surface area contributed by atoms with Crippen LogP contribution in [0.4, 0.5) is 33.8 Å².